The maximum absolute atomic E-state index is 11.7. The monoisotopic (exact) mass is 259 g/mol. The Kier molecular flexibility index (Phi) is 2.52. The summed E-state index contributed by atoms with van der Waals surface area (Å²) in [4.78, 5) is 27.3. The van der Waals surface area contributed by atoms with E-state index < -0.39 is 11.7 Å². The van der Waals surface area contributed by atoms with E-state index in [4.69, 9.17) is 9.15 Å². The van der Waals surface area contributed by atoms with E-state index in [9.17, 15) is 9.59 Å². The number of carbonyl (C=O) groups is 1. The van der Waals surface area contributed by atoms with Crippen molar-refractivity contribution in [2.75, 3.05) is 6.61 Å². The summed E-state index contributed by atoms with van der Waals surface area (Å²) in [5.41, 5.74) is 0.665. The highest BCUT2D eigenvalue weighted by atomic mass is 16.5. The third kappa shape index (κ3) is 1.75. The van der Waals surface area contributed by atoms with Gasteiger partial charge in [0.05, 0.1) is 12.0 Å². The van der Waals surface area contributed by atoms with Crippen LogP contribution in [-0.4, -0.2) is 27.2 Å². The number of para-hydroxylation sites is 1. The average Bonchev–Trinajstić information content (AvgIpc) is 2.85. The number of hydrogen-bond donors (Lipinski definition) is 0. The number of hydrogen-bond acceptors (Lipinski definition) is 6. The van der Waals surface area contributed by atoms with Crippen molar-refractivity contribution in [1.82, 2.24) is 14.6 Å². The maximum atomic E-state index is 11.7. The van der Waals surface area contributed by atoms with Crippen LogP contribution in [-0.2, 0) is 4.74 Å². The summed E-state index contributed by atoms with van der Waals surface area (Å²) < 4.78 is 10.8. The third-order valence-electron chi connectivity index (χ3n) is 2.56. The minimum absolute atomic E-state index is 0.162. The molecule has 0 aliphatic carbocycles. The van der Waals surface area contributed by atoms with Crippen molar-refractivity contribution < 1.29 is 13.9 Å². The lowest BCUT2D eigenvalue weighted by Gasteiger charge is -1.95. The Morgan fingerprint density at radius 3 is 3.00 bits per heavy atom. The van der Waals surface area contributed by atoms with Crippen LogP contribution in [0.4, 0.5) is 0 Å². The molecule has 0 unspecified atom stereocenters. The first-order chi connectivity index (χ1) is 9.20. The Balaban J connectivity index is 2.32. The smallest absolute Gasteiger partial charge is 0.442 e. The SMILES string of the molecule is CCOC(=O)c1nc2c3ccccc3oc(=O)n2n1. The fourth-order valence-electron chi connectivity index (χ4n) is 1.77. The van der Waals surface area contributed by atoms with Crippen LogP contribution in [0.1, 0.15) is 17.5 Å². The molecule has 96 valence electrons. The van der Waals surface area contributed by atoms with E-state index in [1.165, 1.54) is 0 Å². The molecule has 0 aliphatic rings. The first-order valence-corrected chi connectivity index (χ1v) is 5.66. The molecule has 0 spiro atoms. The van der Waals surface area contributed by atoms with Gasteiger partial charge in [-0.1, -0.05) is 12.1 Å². The van der Waals surface area contributed by atoms with Gasteiger partial charge >= 0.3 is 11.7 Å². The lowest BCUT2D eigenvalue weighted by atomic mass is 10.2. The van der Waals surface area contributed by atoms with Crippen molar-refractivity contribution >= 4 is 22.6 Å². The number of esters is 1. The Morgan fingerprint density at radius 2 is 2.21 bits per heavy atom. The van der Waals surface area contributed by atoms with Crippen LogP contribution < -0.4 is 5.76 Å². The highest BCUT2D eigenvalue weighted by molar-refractivity contribution is 5.92. The van der Waals surface area contributed by atoms with Gasteiger partial charge in [-0.2, -0.15) is 0 Å². The zero-order valence-corrected chi connectivity index (χ0v) is 9.99. The largest absolute Gasteiger partial charge is 0.460 e. The van der Waals surface area contributed by atoms with Crippen LogP contribution >= 0.6 is 0 Å². The van der Waals surface area contributed by atoms with Crippen LogP contribution in [0.5, 0.6) is 0 Å². The molecule has 0 aliphatic heterocycles. The number of fused-ring (bicyclic) bond motifs is 3. The van der Waals surface area contributed by atoms with Gasteiger partial charge in [-0.05, 0) is 19.1 Å². The van der Waals surface area contributed by atoms with Crippen LogP contribution in [0.3, 0.4) is 0 Å². The number of aromatic nitrogens is 3. The normalized spacial score (nSPS) is 11.0. The van der Waals surface area contributed by atoms with Crippen molar-refractivity contribution in [2.24, 2.45) is 0 Å². The van der Waals surface area contributed by atoms with E-state index in [0.717, 1.165) is 4.52 Å². The molecule has 2 aromatic heterocycles. The van der Waals surface area contributed by atoms with Gasteiger partial charge in [0, 0.05) is 0 Å². The molecular weight excluding hydrogens is 250 g/mol. The molecular formula is C12H9N3O4. The van der Waals surface area contributed by atoms with E-state index in [1.54, 1.807) is 31.2 Å². The first-order valence-electron chi connectivity index (χ1n) is 5.66. The summed E-state index contributed by atoms with van der Waals surface area (Å²) in [6, 6.07) is 6.90. The molecule has 0 bridgehead atoms. The molecule has 0 saturated heterocycles. The van der Waals surface area contributed by atoms with Crippen LogP contribution in [0.15, 0.2) is 33.5 Å². The Bertz CT molecular complexity index is 834. The molecule has 0 N–H and O–H groups in total. The van der Waals surface area contributed by atoms with Gasteiger partial charge in [-0.3, -0.25) is 0 Å². The van der Waals surface area contributed by atoms with E-state index >= 15 is 0 Å². The molecule has 3 aromatic rings. The predicted octanol–water partition coefficient (Wildman–Crippen LogP) is 1.01. The van der Waals surface area contributed by atoms with Crippen molar-refractivity contribution in [2.45, 2.75) is 6.92 Å². The second-order valence-electron chi connectivity index (χ2n) is 3.76. The Hall–Kier alpha value is -2.70. The van der Waals surface area contributed by atoms with Crippen molar-refractivity contribution in [1.29, 1.82) is 0 Å². The molecule has 7 nitrogen and oxygen atoms in total. The summed E-state index contributed by atoms with van der Waals surface area (Å²) in [7, 11) is 0. The lowest BCUT2D eigenvalue weighted by molar-refractivity contribution is 0.0512. The lowest BCUT2D eigenvalue weighted by Crippen LogP contribution is -2.13. The van der Waals surface area contributed by atoms with Gasteiger partial charge in [-0.15, -0.1) is 9.61 Å². The third-order valence-corrected chi connectivity index (χ3v) is 2.56. The summed E-state index contributed by atoms with van der Waals surface area (Å²) >= 11 is 0. The van der Waals surface area contributed by atoms with Gasteiger partial charge in [0.15, 0.2) is 5.65 Å². The van der Waals surface area contributed by atoms with Gasteiger partial charge in [0.1, 0.15) is 5.58 Å². The molecule has 19 heavy (non-hydrogen) atoms. The first kappa shape index (κ1) is 11.4. The minimum Gasteiger partial charge on any atom is -0.460 e. The molecule has 0 amide bonds. The topological polar surface area (TPSA) is 86.7 Å². The Morgan fingerprint density at radius 1 is 1.42 bits per heavy atom. The average molecular weight is 259 g/mol. The molecule has 1 aromatic carbocycles. The van der Waals surface area contributed by atoms with Crippen molar-refractivity contribution in [3.63, 3.8) is 0 Å². The van der Waals surface area contributed by atoms with E-state index in [2.05, 4.69) is 10.1 Å². The van der Waals surface area contributed by atoms with Crippen molar-refractivity contribution in [3.05, 3.63) is 40.6 Å². The van der Waals surface area contributed by atoms with Gasteiger partial charge in [0.25, 0.3) is 5.82 Å². The molecule has 0 atom stereocenters. The fraction of sp³-hybridized carbons (Fsp3) is 0.167. The molecule has 3 rings (SSSR count). The standard InChI is InChI=1S/C12H9N3O4/c1-2-18-11(16)9-13-10-7-5-3-4-6-8(7)19-12(17)15(10)14-9/h3-6H,2H2,1H3. The quantitative estimate of drug-likeness (QED) is 0.638. The molecule has 0 radical (unpaired) electrons. The second-order valence-corrected chi connectivity index (χ2v) is 3.76. The number of benzene rings is 1. The number of carbonyl (C=O) groups excluding carboxylic acids is 1. The summed E-state index contributed by atoms with van der Waals surface area (Å²) in [6.07, 6.45) is 0. The Labute approximate surface area is 106 Å². The summed E-state index contributed by atoms with van der Waals surface area (Å²) in [5, 5.41) is 4.41. The zero-order chi connectivity index (χ0) is 13.4. The maximum Gasteiger partial charge on any atom is 0.442 e. The molecule has 7 heteroatoms. The van der Waals surface area contributed by atoms with Crippen LogP contribution in [0.2, 0.25) is 0 Å². The van der Waals surface area contributed by atoms with Gasteiger partial charge in [0.2, 0.25) is 0 Å². The highest BCUT2D eigenvalue weighted by Crippen LogP contribution is 2.16. The number of rotatable bonds is 2. The van der Waals surface area contributed by atoms with E-state index in [0.29, 0.717) is 11.0 Å². The fourth-order valence-corrected chi connectivity index (χ4v) is 1.77. The molecule has 0 saturated carbocycles. The second kappa shape index (κ2) is 4.20. The highest BCUT2D eigenvalue weighted by Gasteiger charge is 2.17. The molecule has 0 fully saturated rings. The van der Waals surface area contributed by atoms with Crippen molar-refractivity contribution in [3.8, 4) is 0 Å². The van der Waals surface area contributed by atoms with Gasteiger partial charge in [-0.25, -0.2) is 14.6 Å². The number of ether oxygens (including phenoxy) is 1. The minimum atomic E-state index is -0.697. The summed E-state index contributed by atoms with van der Waals surface area (Å²) in [6.45, 7) is 1.89. The summed E-state index contributed by atoms with van der Waals surface area (Å²) in [5.74, 6) is -1.53. The predicted molar refractivity (Wildman–Crippen MR) is 65.0 cm³/mol. The van der Waals surface area contributed by atoms with Crippen LogP contribution in [0, 0.1) is 0 Å². The molecule has 2 heterocycles. The zero-order valence-electron chi connectivity index (χ0n) is 9.99. The van der Waals surface area contributed by atoms with E-state index in [1.807, 2.05) is 0 Å². The number of nitrogens with zero attached hydrogens (tertiary/aromatic N) is 3. The van der Waals surface area contributed by atoms with Crippen LogP contribution in [0.25, 0.3) is 16.6 Å². The van der Waals surface area contributed by atoms with E-state index in [-0.39, 0.29) is 18.1 Å². The van der Waals surface area contributed by atoms with Gasteiger partial charge < -0.3 is 9.15 Å².